The van der Waals surface area contributed by atoms with Gasteiger partial charge in [-0.05, 0) is 45.2 Å². The summed E-state index contributed by atoms with van der Waals surface area (Å²) in [6.45, 7) is 7.39. The third-order valence-corrected chi connectivity index (χ3v) is 4.09. The third kappa shape index (κ3) is 5.23. The predicted octanol–water partition coefficient (Wildman–Crippen LogP) is 3.92. The maximum absolute atomic E-state index is 12.3. The largest absolute Gasteiger partial charge is 0.463 e. The van der Waals surface area contributed by atoms with E-state index in [1.807, 2.05) is 17.5 Å². The molecular weight excluding hydrogens is 328 g/mol. The van der Waals surface area contributed by atoms with Gasteiger partial charge in [-0.25, -0.2) is 9.59 Å². The molecule has 1 aromatic heterocycles. The number of allylic oxidation sites excluding steroid dienone is 2. The van der Waals surface area contributed by atoms with E-state index in [2.05, 4.69) is 0 Å². The van der Waals surface area contributed by atoms with E-state index in [-0.39, 0.29) is 18.3 Å². The van der Waals surface area contributed by atoms with Crippen molar-refractivity contribution in [1.29, 1.82) is 0 Å². The van der Waals surface area contributed by atoms with Gasteiger partial charge in [0.1, 0.15) is 11.4 Å². The van der Waals surface area contributed by atoms with Crippen molar-refractivity contribution in [3.63, 3.8) is 0 Å². The minimum atomic E-state index is -0.623. The summed E-state index contributed by atoms with van der Waals surface area (Å²) in [7, 11) is 0. The normalized spacial score (nSPS) is 19.4. The lowest BCUT2D eigenvalue weighted by molar-refractivity contribution is -0.154. The van der Waals surface area contributed by atoms with Crippen molar-refractivity contribution in [2.24, 2.45) is 0 Å². The second-order valence-corrected chi connectivity index (χ2v) is 7.30. The van der Waals surface area contributed by atoms with Crippen molar-refractivity contribution >= 4 is 23.3 Å². The number of hydrogen-bond donors (Lipinski definition) is 0. The van der Waals surface area contributed by atoms with Crippen LogP contribution in [0.5, 0.6) is 0 Å². The van der Waals surface area contributed by atoms with E-state index >= 15 is 0 Å². The van der Waals surface area contributed by atoms with Gasteiger partial charge >= 0.3 is 11.9 Å². The Morgan fingerprint density at radius 2 is 2.17 bits per heavy atom. The van der Waals surface area contributed by atoms with Crippen molar-refractivity contribution in [1.82, 2.24) is 0 Å². The highest BCUT2D eigenvalue weighted by molar-refractivity contribution is 7.10. The fourth-order valence-corrected chi connectivity index (χ4v) is 3.00. The summed E-state index contributed by atoms with van der Waals surface area (Å²) in [4.78, 5) is 25.1. The van der Waals surface area contributed by atoms with Gasteiger partial charge in [0, 0.05) is 17.2 Å². The van der Waals surface area contributed by atoms with Gasteiger partial charge < -0.3 is 14.2 Å². The SMILES string of the molecule is CCOC(=O)/C=C1\C[C@H](c2cccs2)C=C(C(=O)OC(C)(C)C)O1. The molecule has 0 amide bonds. The van der Waals surface area contributed by atoms with E-state index < -0.39 is 17.5 Å². The lowest BCUT2D eigenvalue weighted by atomic mass is 9.98. The second kappa shape index (κ2) is 7.66. The molecule has 1 aliphatic heterocycles. The molecule has 0 unspecified atom stereocenters. The Morgan fingerprint density at radius 3 is 2.75 bits per heavy atom. The maximum Gasteiger partial charge on any atom is 0.374 e. The Labute approximate surface area is 145 Å². The summed E-state index contributed by atoms with van der Waals surface area (Å²) < 4.78 is 15.9. The van der Waals surface area contributed by atoms with E-state index in [4.69, 9.17) is 14.2 Å². The van der Waals surface area contributed by atoms with Crippen LogP contribution in [0.1, 0.15) is 44.9 Å². The average molecular weight is 350 g/mol. The van der Waals surface area contributed by atoms with E-state index in [1.165, 1.54) is 6.08 Å². The Hall–Kier alpha value is -2.08. The van der Waals surface area contributed by atoms with Gasteiger partial charge in [0.2, 0.25) is 5.76 Å². The Balaban J connectivity index is 2.26. The molecule has 0 N–H and O–H groups in total. The molecule has 1 aliphatic rings. The van der Waals surface area contributed by atoms with Gasteiger partial charge in [0.25, 0.3) is 0 Å². The Morgan fingerprint density at radius 1 is 1.42 bits per heavy atom. The summed E-state index contributed by atoms with van der Waals surface area (Å²) in [6.07, 6.45) is 3.54. The van der Waals surface area contributed by atoms with Gasteiger partial charge in [-0.2, -0.15) is 0 Å². The fraction of sp³-hybridized carbons (Fsp3) is 0.444. The monoisotopic (exact) mass is 350 g/mol. The van der Waals surface area contributed by atoms with Crippen molar-refractivity contribution in [2.45, 2.75) is 45.6 Å². The van der Waals surface area contributed by atoms with Crippen LogP contribution in [0.3, 0.4) is 0 Å². The van der Waals surface area contributed by atoms with Crippen LogP contribution in [0.25, 0.3) is 0 Å². The molecule has 0 bridgehead atoms. The number of esters is 2. The number of carbonyl (C=O) groups excluding carboxylic acids is 2. The topological polar surface area (TPSA) is 61.8 Å². The van der Waals surface area contributed by atoms with Crippen LogP contribution in [0.4, 0.5) is 0 Å². The smallest absolute Gasteiger partial charge is 0.374 e. The molecule has 5 nitrogen and oxygen atoms in total. The number of carbonyl (C=O) groups is 2. The van der Waals surface area contributed by atoms with Crippen LogP contribution < -0.4 is 0 Å². The molecule has 6 heteroatoms. The van der Waals surface area contributed by atoms with Crippen LogP contribution >= 0.6 is 11.3 Å². The lowest BCUT2D eigenvalue weighted by Gasteiger charge is -2.25. The van der Waals surface area contributed by atoms with Gasteiger partial charge in [-0.1, -0.05) is 6.07 Å². The molecule has 0 spiro atoms. The molecule has 0 fully saturated rings. The quantitative estimate of drug-likeness (QED) is 0.608. The molecule has 130 valence electrons. The zero-order valence-electron chi connectivity index (χ0n) is 14.3. The molecule has 24 heavy (non-hydrogen) atoms. The summed E-state index contributed by atoms with van der Waals surface area (Å²) >= 11 is 1.59. The zero-order chi connectivity index (χ0) is 17.7. The predicted molar refractivity (Wildman–Crippen MR) is 91.4 cm³/mol. The first-order valence-electron chi connectivity index (χ1n) is 7.82. The molecule has 2 rings (SSSR count). The second-order valence-electron chi connectivity index (χ2n) is 6.32. The molecule has 0 saturated carbocycles. The highest BCUT2D eigenvalue weighted by Crippen LogP contribution is 2.35. The van der Waals surface area contributed by atoms with Crippen LogP contribution in [0.15, 0.2) is 41.2 Å². The van der Waals surface area contributed by atoms with Crippen molar-refractivity contribution in [3.8, 4) is 0 Å². The van der Waals surface area contributed by atoms with Crippen molar-refractivity contribution in [2.75, 3.05) is 6.61 Å². The molecule has 0 aliphatic carbocycles. The number of rotatable bonds is 4. The van der Waals surface area contributed by atoms with Gasteiger partial charge in [-0.3, -0.25) is 0 Å². The molecule has 0 saturated heterocycles. The highest BCUT2D eigenvalue weighted by atomic mass is 32.1. The number of thiophene rings is 1. The molecular formula is C18H22O5S. The van der Waals surface area contributed by atoms with Gasteiger partial charge in [0.15, 0.2) is 0 Å². The Bertz CT molecular complexity index is 649. The number of hydrogen-bond acceptors (Lipinski definition) is 6. The summed E-state index contributed by atoms with van der Waals surface area (Å²) in [5, 5.41) is 1.97. The number of ether oxygens (including phenoxy) is 3. The molecule has 1 atom stereocenters. The van der Waals surface area contributed by atoms with Crippen molar-refractivity contribution in [3.05, 3.63) is 46.1 Å². The first-order valence-corrected chi connectivity index (χ1v) is 8.70. The molecule has 0 aromatic carbocycles. The molecule has 2 heterocycles. The Kier molecular flexibility index (Phi) is 5.83. The van der Waals surface area contributed by atoms with E-state index in [0.717, 1.165) is 4.88 Å². The van der Waals surface area contributed by atoms with Gasteiger partial charge in [0.05, 0.1) is 12.7 Å². The van der Waals surface area contributed by atoms with Crippen LogP contribution in [0.2, 0.25) is 0 Å². The first-order chi connectivity index (χ1) is 11.3. The minimum Gasteiger partial charge on any atom is -0.463 e. The highest BCUT2D eigenvalue weighted by Gasteiger charge is 2.29. The summed E-state index contributed by atoms with van der Waals surface area (Å²) in [6, 6.07) is 3.94. The van der Waals surface area contributed by atoms with Crippen LogP contribution in [-0.2, 0) is 23.8 Å². The third-order valence-electron chi connectivity index (χ3n) is 3.09. The minimum absolute atomic E-state index is 0.0399. The lowest BCUT2D eigenvalue weighted by Crippen LogP contribution is -2.27. The standard InChI is InChI=1S/C18H22O5S/c1-5-21-16(19)11-13-9-12(15-7-6-8-24-15)10-14(22-13)17(20)23-18(2,3)4/h6-8,10-12H,5,9H2,1-4H3/b13-11+/t12-/m0/s1. The fourth-order valence-electron chi connectivity index (χ4n) is 2.20. The van der Waals surface area contributed by atoms with Crippen LogP contribution in [-0.4, -0.2) is 24.1 Å². The van der Waals surface area contributed by atoms with Crippen molar-refractivity contribution < 1.29 is 23.8 Å². The first kappa shape index (κ1) is 18.3. The molecule has 1 aromatic rings. The molecule has 0 radical (unpaired) electrons. The van der Waals surface area contributed by atoms with Crippen LogP contribution in [0, 0.1) is 0 Å². The summed E-state index contributed by atoms with van der Waals surface area (Å²) in [5.74, 6) is -0.566. The van der Waals surface area contributed by atoms with E-state index in [9.17, 15) is 9.59 Å². The average Bonchev–Trinajstić information content (AvgIpc) is 2.99. The van der Waals surface area contributed by atoms with E-state index in [1.54, 1.807) is 45.1 Å². The zero-order valence-corrected chi connectivity index (χ0v) is 15.1. The maximum atomic E-state index is 12.3. The van der Waals surface area contributed by atoms with E-state index in [0.29, 0.717) is 12.2 Å². The summed E-state index contributed by atoms with van der Waals surface area (Å²) in [5.41, 5.74) is -0.623. The van der Waals surface area contributed by atoms with Gasteiger partial charge in [-0.15, -0.1) is 11.3 Å².